The minimum absolute atomic E-state index is 0.0963. The van der Waals surface area contributed by atoms with Crippen molar-refractivity contribution in [1.82, 2.24) is 35.0 Å². The van der Waals surface area contributed by atoms with Gasteiger partial charge in [0.2, 0.25) is 11.7 Å². The van der Waals surface area contributed by atoms with Crippen LogP contribution in [0.3, 0.4) is 0 Å². The Kier molecular flexibility index (Phi) is 4.53. The third-order valence-corrected chi connectivity index (χ3v) is 6.09. The second-order valence-corrected chi connectivity index (χ2v) is 8.20. The van der Waals surface area contributed by atoms with Crippen LogP contribution in [0.4, 0.5) is 0 Å². The van der Waals surface area contributed by atoms with Crippen LogP contribution in [0, 0.1) is 6.92 Å². The number of nitrogens with one attached hydrogen (secondary N) is 1. The summed E-state index contributed by atoms with van der Waals surface area (Å²) >= 11 is 0. The van der Waals surface area contributed by atoms with Gasteiger partial charge in [0.05, 0.1) is 23.6 Å². The van der Waals surface area contributed by atoms with Gasteiger partial charge < -0.3 is 14.4 Å². The lowest BCUT2D eigenvalue weighted by molar-refractivity contribution is 0.0709. The molecule has 9 nitrogen and oxygen atoms in total. The highest BCUT2D eigenvalue weighted by Gasteiger charge is 2.36. The molecule has 9 heteroatoms. The van der Waals surface area contributed by atoms with E-state index >= 15 is 0 Å². The Balaban J connectivity index is 1.34. The molecule has 1 saturated heterocycles. The average Bonchev–Trinajstić information content (AvgIpc) is 3.63. The lowest BCUT2D eigenvalue weighted by Crippen LogP contribution is -2.31. The van der Waals surface area contributed by atoms with Gasteiger partial charge in [0.25, 0.3) is 5.91 Å². The Morgan fingerprint density at radius 3 is 2.91 bits per heavy atom. The highest BCUT2D eigenvalue weighted by molar-refractivity contribution is 5.98. The molecule has 1 N–H and O–H groups in total. The number of fused-ring (bicyclic) bond motifs is 1. The van der Waals surface area contributed by atoms with Crippen LogP contribution in [0.25, 0.3) is 28.0 Å². The Bertz CT molecular complexity index is 1450. The third-order valence-electron chi connectivity index (χ3n) is 6.09. The maximum atomic E-state index is 13.7. The van der Waals surface area contributed by atoms with Crippen LogP contribution in [0.15, 0.2) is 65.6 Å². The highest BCUT2D eigenvalue weighted by Crippen LogP contribution is 2.35. The predicted octanol–water partition coefficient (Wildman–Crippen LogP) is 4.08. The van der Waals surface area contributed by atoms with Gasteiger partial charge >= 0.3 is 0 Å². The van der Waals surface area contributed by atoms with E-state index in [2.05, 4.69) is 20.3 Å². The number of aromatic amines is 1. The number of carbonyl (C=O) groups excluding carboxylic acids is 1. The number of likely N-dealkylation sites (tertiary alicyclic amines) is 1. The van der Waals surface area contributed by atoms with Crippen molar-refractivity contribution < 1.29 is 9.32 Å². The van der Waals surface area contributed by atoms with Gasteiger partial charge in [0.15, 0.2) is 0 Å². The molecule has 1 unspecified atom stereocenters. The standard InChI is InChI=1S/C24H21N7O2/c1-15-7-8-20(31-26-11-12-27-31)18(14-15)24(32)30-13-3-6-21(30)23-28-22(29-33-23)17-4-2-5-19-16(17)9-10-25-19/h2,4-5,7-12,14,21,25H,3,6,13H2,1H3. The Morgan fingerprint density at radius 2 is 2.03 bits per heavy atom. The fourth-order valence-electron chi connectivity index (χ4n) is 4.52. The number of aryl methyl sites for hydroxylation is 1. The van der Waals surface area contributed by atoms with Gasteiger partial charge in [-0.3, -0.25) is 4.79 Å². The molecule has 1 atom stereocenters. The molecule has 164 valence electrons. The van der Waals surface area contributed by atoms with E-state index in [4.69, 9.17) is 9.51 Å². The van der Waals surface area contributed by atoms with Crippen molar-refractivity contribution in [2.24, 2.45) is 0 Å². The molecule has 2 aromatic carbocycles. The number of hydrogen-bond donors (Lipinski definition) is 1. The van der Waals surface area contributed by atoms with Crippen molar-refractivity contribution >= 4 is 16.8 Å². The smallest absolute Gasteiger partial charge is 0.256 e. The average molecular weight is 439 g/mol. The van der Waals surface area contributed by atoms with Crippen molar-refractivity contribution in [3.05, 3.63) is 78.1 Å². The lowest BCUT2D eigenvalue weighted by Gasteiger charge is -2.23. The lowest BCUT2D eigenvalue weighted by atomic mass is 10.1. The molecule has 0 spiro atoms. The first-order valence-corrected chi connectivity index (χ1v) is 10.9. The van der Waals surface area contributed by atoms with E-state index in [0.717, 1.165) is 34.9 Å². The quantitative estimate of drug-likeness (QED) is 0.452. The molecule has 5 aromatic rings. The molecule has 1 amide bonds. The molecule has 0 bridgehead atoms. The molecule has 1 aliphatic heterocycles. The molecular formula is C24H21N7O2. The van der Waals surface area contributed by atoms with Crippen LogP contribution >= 0.6 is 0 Å². The largest absolute Gasteiger partial charge is 0.361 e. The minimum atomic E-state index is -0.275. The van der Waals surface area contributed by atoms with E-state index in [-0.39, 0.29) is 11.9 Å². The Labute approximate surface area is 189 Å². The van der Waals surface area contributed by atoms with Gasteiger partial charge in [-0.15, -0.1) is 0 Å². The number of H-pyrrole nitrogens is 1. The Hall–Kier alpha value is -4.27. The summed E-state index contributed by atoms with van der Waals surface area (Å²) in [5, 5.41) is 13.7. The normalized spacial score (nSPS) is 16.0. The molecule has 4 heterocycles. The highest BCUT2D eigenvalue weighted by atomic mass is 16.5. The van der Waals surface area contributed by atoms with Crippen molar-refractivity contribution in [2.45, 2.75) is 25.8 Å². The number of amides is 1. The van der Waals surface area contributed by atoms with Crippen LogP contribution in [0.5, 0.6) is 0 Å². The van der Waals surface area contributed by atoms with Crippen LogP contribution < -0.4 is 0 Å². The summed E-state index contributed by atoms with van der Waals surface area (Å²) in [6, 6.07) is 13.3. The fraction of sp³-hybridized carbons (Fsp3) is 0.208. The Morgan fingerprint density at radius 1 is 1.15 bits per heavy atom. The van der Waals surface area contributed by atoms with Crippen LogP contribution in [0.2, 0.25) is 0 Å². The van der Waals surface area contributed by atoms with Crippen molar-refractivity contribution in [3.63, 3.8) is 0 Å². The van der Waals surface area contributed by atoms with E-state index in [9.17, 15) is 4.79 Å². The molecule has 33 heavy (non-hydrogen) atoms. The SMILES string of the molecule is Cc1ccc(-n2nccn2)c(C(=O)N2CCCC2c2nc(-c3cccc4[nH]ccc34)no2)c1. The fourth-order valence-corrected chi connectivity index (χ4v) is 4.52. The predicted molar refractivity (Wildman–Crippen MR) is 121 cm³/mol. The van der Waals surface area contributed by atoms with Crippen LogP contribution in [-0.2, 0) is 0 Å². The number of aromatic nitrogens is 6. The topological polar surface area (TPSA) is 106 Å². The van der Waals surface area contributed by atoms with Crippen LogP contribution in [0.1, 0.15) is 40.7 Å². The molecular weight excluding hydrogens is 418 g/mol. The van der Waals surface area contributed by atoms with E-state index in [1.54, 1.807) is 12.4 Å². The van der Waals surface area contributed by atoms with Crippen molar-refractivity contribution in [3.8, 4) is 17.1 Å². The van der Waals surface area contributed by atoms with Crippen molar-refractivity contribution in [1.29, 1.82) is 0 Å². The third kappa shape index (κ3) is 3.29. The van der Waals surface area contributed by atoms with E-state index in [0.29, 0.717) is 29.5 Å². The second-order valence-electron chi connectivity index (χ2n) is 8.20. The molecule has 3 aromatic heterocycles. The zero-order chi connectivity index (χ0) is 22.4. The summed E-state index contributed by atoms with van der Waals surface area (Å²) in [6.45, 7) is 2.58. The van der Waals surface area contributed by atoms with Gasteiger partial charge in [0.1, 0.15) is 6.04 Å². The maximum Gasteiger partial charge on any atom is 0.256 e. The van der Waals surface area contributed by atoms with E-state index < -0.39 is 0 Å². The monoisotopic (exact) mass is 439 g/mol. The van der Waals surface area contributed by atoms with Gasteiger partial charge in [-0.25, -0.2) is 0 Å². The minimum Gasteiger partial charge on any atom is -0.361 e. The molecule has 1 fully saturated rings. The first kappa shape index (κ1) is 19.4. The summed E-state index contributed by atoms with van der Waals surface area (Å²) in [4.78, 5) is 24.9. The zero-order valence-corrected chi connectivity index (χ0v) is 18.0. The molecule has 0 aliphatic carbocycles. The summed E-state index contributed by atoms with van der Waals surface area (Å²) in [5.74, 6) is 0.877. The van der Waals surface area contributed by atoms with Crippen LogP contribution in [-0.4, -0.2) is 47.5 Å². The van der Waals surface area contributed by atoms with Gasteiger partial charge in [-0.2, -0.15) is 20.0 Å². The summed E-state index contributed by atoms with van der Waals surface area (Å²) in [5.41, 5.74) is 4.09. The summed E-state index contributed by atoms with van der Waals surface area (Å²) in [7, 11) is 0. The van der Waals surface area contributed by atoms with Gasteiger partial charge in [0, 0.05) is 29.2 Å². The number of carbonyl (C=O) groups is 1. The maximum absolute atomic E-state index is 13.7. The molecule has 0 saturated carbocycles. The molecule has 6 rings (SSSR count). The number of nitrogens with zero attached hydrogens (tertiary/aromatic N) is 6. The van der Waals surface area contributed by atoms with Gasteiger partial charge in [-0.05, 0) is 44.0 Å². The number of rotatable bonds is 4. The number of benzene rings is 2. The molecule has 1 aliphatic rings. The first-order chi connectivity index (χ1) is 16.2. The van der Waals surface area contributed by atoms with Crippen molar-refractivity contribution in [2.75, 3.05) is 6.54 Å². The summed E-state index contributed by atoms with van der Waals surface area (Å²) < 4.78 is 5.68. The van der Waals surface area contributed by atoms with E-state index in [1.807, 2.05) is 60.5 Å². The summed E-state index contributed by atoms with van der Waals surface area (Å²) in [6.07, 6.45) is 6.71. The zero-order valence-electron chi connectivity index (χ0n) is 18.0. The first-order valence-electron chi connectivity index (χ1n) is 10.9. The molecule has 0 radical (unpaired) electrons. The van der Waals surface area contributed by atoms with Gasteiger partial charge in [-0.1, -0.05) is 28.9 Å². The van der Waals surface area contributed by atoms with E-state index in [1.165, 1.54) is 4.80 Å². The second kappa shape index (κ2) is 7.70. The number of hydrogen-bond acceptors (Lipinski definition) is 6.